The Balaban J connectivity index is 1.90. The second-order valence-corrected chi connectivity index (χ2v) is 7.08. The van der Waals surface area contributed by atoms with Crippen molar-refractivity contribution >= 4 is 27.8 Å². The summed E-state index contributed by atoms with van der Waals surface area (Å²) in [7, 11) is 5.18. The van der Waals surface area contributed by atoms with Crippen molar-refractivity contribution in [3.8, 4) is 5.75 Å². The molecule has 0 spiro atoms. The highest BCUT2D eigenvalue weighted by Crippen LogP contribution is 2.23. The molecule has 1 aromatic carbocycles. The van der Waals surface area contributed by atoms with Gasteiger partial charge in [-0.3, -0.25) is 9.79 Å². The fourth-order valence-corrected chi connectivity index (χ4v) is 3.51. The van der Waals surface area contributed by atoms with Crippen LogP contribution in [0.2, 0.25) is 0 Å². The first-order valence-corrected chi connectivity index (χ1v) is 9.35. The molecule has 0 aliphatic carbocycles. The van der Waals surface area contributed by atoms with Crippen LogP contribution in [0.4, 0.5) is 0 Å². The van der Waals surface area contributed by atoms with Gasteiger partial charge >= 0.3 is 0 Å². The van der Waals surface area contributed by atoms with Gasteiger partial charge < -0.3 is 20.3 Å². The largest absolute Gasteiger partial charge is 0.496 e. The first-order chi connectivity index (χ1) is 12.1. The Morgan fingerprint density at radius 2 is 2.12 bits per heavy atom. The molecule has 6 nitrogen and oxygen atoms in total. The number of ether oxygens (including phenoxy) is 1. The lowest BCUT2D eigenvalue weighted by Gasteiger charge is -2.34. The fourth-order valence-electron chi connectivity index (χ4n) is 3.11. The summed E-state index contributed by atoms with van der Waals surface area (Å²) in [5, 5.41) is 6.13. The summed E-state index contributed by atoms with van der Waals surface area (Å²) in [6.07, 6.45) is 2.63. The average molecular weight is 411 g/mol. The molecule has 0 saturated carbocycles. The predicted molar refractivity (Wildman–Crippen MR) is 104 cm³/mol. The van der Waals surface area contributed by atoms with E-state index in [9.17, 15) is 4.79 Å². The van der Waals surface area contributed by atoms with E-state index in [1.54, 1.807) is 21.2 Å². The van der Waals surface area contributed by atoms with Crippen molar-refractivity contribution in [3.05, 3.63) is 28.2 Å². The molecule has 1 aliphatic heterocycles. The first-order valence-electron chi connectivity index (χ1n) is 8.56. The van der Waals surface area contributed by atoms with E-state index in [2.05, 4.69) is 42.5 Å². The van der Waals surface area contributed by atoms with Crippen LogP contribution in [0, 0.1) is 5.92 Å². The van der Waals surface area contributed by atoms with E-state index in [4.69, 9.17) is 4.74 Å². The molecular formula is C18H27BrN4O2. The minimum absolute atomic E-state index is 0.128. The van der Waals surface area contributed by atoms with Crippen molar-refractivity contribution in [1.82, 2.24) is 15.5 Å². The molecule has 0 atom stereocenters. The van der Waals surface area contributed by atoms with Crippen LogP contribution >= 0.6 is 15.9 Å². The number of aliphatic imine (C=N–C) groups is 1. The molecule has 0 bridgehead atoms. The number of halogens is 1. The van der Waals surface area contributed by atoms with Crippen LogP contribution in [-0.2, 0) is 11.3 Å². The number of carbonyl (C=O) groups is 1. The van der Waals surface area contributed by atoms with E-state index in [1.165, 1.54) is 0 Å². The molecule has 0 unspecified atom stereocenters. The highest BCUT2D eigenvalue weighted by atomic mass is 79.9. The van der Waals surface area contributed by atoms with E-state index in [0.717, 1.165) is 47.7 Å². The Morgan fingerprint density at radius 1 is 1.40 bits per heavy atom. The molecule has 0 radical (unpaired) electrons. The van der Waals surface area contributed by atoms with Crippen LogP contribution in [-0.4, -0.2) is 51.1 Å². The fraction of sp³-hybridized carbons (Fsp3) is 0.556. The zero-order chi connectivity index (χ0) is 18.2. The second kappa shape index (κ2) is 9.65. The third-order valence-electron chi connectivity index (χ3n) is 4.56. The minimum atomic E-state index is 0.128. The van der Waals surface area contributed by atoms with Gasteiger partial charge in [0.15, 0.2) is 5.96 Å². The van der Waals surface area contributed by atoms with Gasteiger partial charge in [-0.15, -0.1) is 0 Å². The summed E-state index contributed by atoms with van der Waals surface area (Å²) < 4.78 is 6.44. The number of hydrogen-bond donors (Lipinski definition) is 2. The SMILES string of the molecule is CN=C(NCc1cc(Br)ccc1OC)N1CCC(CC(=O)NC)CC1. The summed E-state index contributed by atoms with van der Waals surface area (Å²) in [6, 6.07) is 5.97. The minimum Gasteiger partial charge on any atom is -0.496 e. The number of methoxy groups -OCH3 is 1. The Labute approximate surface area is 158 Å². The number of benzene rings is 1. The molecule has 1 aromatic rings. The number of rotatable bonds is 5. The summed E-state index contributed by atoms with van der Waals surface area (Å²) in [4.78, 5) is 18.2. The summed E-state index contributed by atoms with van der Waals surface area (Å²) in [6.45, 7) is 2.47. The Bertz CT molecular complexity index is 613. The summed E-state index contributed by atoms with van der Waals surface area (Å²) >= 11 is 3.50. The molecule has 1 aliphatic rings. The third-order valence-corrected chi connectivity index (χ3v) is 5.05. The molecular weight excluding hydrogens is 384 g/mol. The Hall–Kier alpha value is -1.76. The first kappa shape index (κ1) is 19.6. The highest BCUT2D eigenvalue weighted by molar-refractivity contribution is 9.10. The standard InChI is InChI=1S/C18H27BrN4O2/c1-20-17(24)10-13-6-8-23(9-7-13)18(21-2)22-12-14-11-15(19)4-5-16(14)25-3/h4-5,11,13H,6-10,12H2,1-3H3,(H,20,24)(H,21,22). The lowest BCUT2D eigenvalue weighted by atomic mass is 9.93. The lowest BCUT2D eigenvalue weighted by Crippen LogP contribution is -2.45. The van der Waals surface area contributed by atoms with Crippen LogP contribution in [0.15, 0.2) is 27.7 Å². The van der Waals surface area contributed by atoms with Gasteiger partial charge in [0, 0.05) is 50.2 Å². The maximum atomic E-state index is 11.5. The molecule has 1 saturated heterocycles. The Kier molecular flexibility index (Phi) is 7.55. The van der Waals surface area contributed by atoms with Crippen molar-refractivity contribution in [2.24, 2.45) is 10.9 Å². The number of hydrogen-bond acceptors (Lipinski definition) is 3. The van der Waals surface area contributed by atoms with Gasteiger partial charge in [-0.25, -0.2) is 0 Å². The van der Waals surface area contributed by atoms with Crippen LogP contribution in [0.1, 0.15) is 24.8 Å². The molecule has 2 N–H and O–H groups in total. The number of nitrogens with zero attached hydrogens (tertiary/aromatic N) is 2. The third kappa shape index (κ3) is 5.63. The van der Waals surface area contributed by atoms with E-state index in [0.29, 0.717) is 18.9 Å². The van der Waals surface area contributed by atoms with Gasteiger partial charge in [-0.1, -0.05) is 15.9 Å². The Morgan fingerprint density at radius 3 is 2.72 bits per heavy atom. The van der Waals surface area contributed by atoms with Crippen molar-refractivity contribution in [2.45, 2.75) is 25.8 Å². The van der Waals surface area contributed by atoms with Crippen LogP contribution < -0.4 is 15.4 Å². The van der Waals surface area contributed by atoms with Crippen LogP contribution in [0.3, 0.4) is 0 Å². The molecule has 1 amide bonds. The number of guanidine groups is 1. The van der Waals surface area contributed by atoms with Gasteiger partial charge in [0.2, 0.25) is 5.91 Å². The van der Waals surface area contributed by atoms with Crippen molar-refractivity contribution in [3.63, 3.8) is 0 Å². The van der Waals surface area contributed by atoms with Crippen molar-refractivity contribution in [2.75, 3.05) is 34.3 Å². The molecule has 1 heterocycles. The van der Waals surface area contributed by atoms with Gasteiger partial charge in [0.05, 0.1) is 7.11 Å². The second-order valence-electron chi connectivity index (χ2n) is 6.16. The number of amides is 1. The summed E-state index contributed by atoms with van der Waals surface area (Å²) in [5.41, 5.74) is 1.08. The maximum Gasteiger partial charge on any atom is 0.220 e. The topological polar surface area (TPSA) is 66.0 Å². The predicted octanol–water partition coefficient (Wildman–Crippen LogP) is 2.38. The smallest absolute Gasteiger partial charge is 0.220 e. The van der Waals surface area contributed by atoms with Crippen molar-refractivity contribution < 1.29 is 9.53 Å². The number of likely N-dealkylation sites (tertiary alicyclic amines) is 1. The zero-order valence-corrected chi connectivity index (χ0v) is 16.7. The monoisotopic (exact) mass is 410 g/mol. The molecule has 7 heteroatoms. The molecule has 25 heavy (non-hydrogen) atoms. The molecule has 2 rings (SSSR count). The van der Waals surface area contributed by atoms with Gasteiger partial charge in [-0.05, 0) is 37.0 Å². The molecule has 1 fully saturated rings. The lowest BCUT2D eigenvalue weighted by molar-refractivity contribution is -0.121. The highest BCUT2D eigenvalue weighted by Gasteiger charge is 2.23. The normalized spacial score (nSPS) is 15.8. The molecule has 0 aromatic heterocycles. The molecule has 138 valence electrons. The maximum absolute atomic E-state index is 11.5. The van der Waals surface area contributed by atoms with E-state index >= 15 is 0 Å². The zero-order valence-electron chi connectivity index (χ0n) is 15.1. The number of piperidine rings is 1. The van der Waals surface area contributed by atoms with Gasteiger partial charge in [0.1, 0.15) is 5.75 Å². The quantitative estimate of drug-likeness (QED) is 0.577. The average Bonchev–Trinajstić information content (AvgIpc) is 2.63. The van der Waals surface area contributed by atoms with E-state index in [1.807, 2.05) is 12.1 Å². The van der Waals surface area contributed by atoms with Crippen LogP contribution in [0.5, 0.6) is 5.75 Å². The van der Waals surface area contributed by atoms with E-state index < -0.39 is 0 Å². The van der Waals surface area contributed by atoms with Gasteiger partial charge in [0.25, 0.3) is 0 Å². The number of carbonyl (C=O) groups excluding carboxylic acids is 1. The van der Waals surface area contributed by atoms with E-state index in [-0.39, 0.29) is 5.91 Å². The van der Waals surface area contributed by atoms with Crippen molar-refractivity contribution in [1.29, 1.82) is 0 Å². The van der Waals surface area contributed by atoms with Crippen LogP contribution in [0.25, 0.3) is 0 Å². The van der Waals surface area contributed by atoms with Gasteiger partial charge in [-0.2, -0.15) is 0 Å². The number of nitrogens with one attached hydrogen (secondary N) is 2. The summed E-state index contributed by atoms with van der Waals surface area (Å²) in [5.74, 6) is 2.33.